The molecule has 0 aliphatic rings. The number of Topliss-reactive ketones (excluding diaryl/α,β-unsaturated/α-hetero) is 1. The molecule has 0 spiro atoms. The van der Waals surface area contributed by atoms with Gasteiger partial charge in [-0.2, -0.15) is 13.2 Å². The first-order valence-electron chi connectivity index (χ1n) is 3.60. The summed E-state index contributed by atoms with van der Waals surface area (Å²) in [6.45, 7) is 0. The fraction of sp³-hybridized carbons (Fsp3) is 0.125. The highest BCUT2D eigenvalue weighted by molar-refractivity contribution is 14.1. The molecule has 0 amide bonds. The summed E-state index contributed by atoms with van der Waals surface area (Å²) in [6.07, 6.45) is -5.46. The quantitative estimate of drug-likeness (QED) is 0.327. The Morgan fingerprint density at radius 1 is 1.12 bits per heavy atom. The number of carbonyl (C=O) groups excluding carboxylic acids is 1. The third-order valence-corrected chi connectivity index (χ3v) is 2.38. The van der Waals surface area contributed by atoms with Crippen LogP contribution in [0.3, 0.4) is 0 Å². The second kappa shape index (κ2) is 4.22. The van der Waals surface area contributed by atoms with Crippen molar-refractivity contribution in [1.29, 1.82) is 0 Å². The largest absolute Gasteiger partial charge is 0.455 e. The van der Waals surface area contributed by atoms with Crippen LogP contribution in [-0.4, -0.2) is 12.0 Å². The van der Waals surface area contributed by atoms with Crippen LogP contribution < -0.4 is 0 Å². The van der Waals surface area contributed by atoms with Crippen LogP contribution in [-0.2, 0) is 0 Å². The maximum Gasteiger partial charge on any atom is 0.455 e. The molecule has 1 nitrogen and oxygen atoms in total. The molecule has 8 heteroatoms. The van der Waals surface area contributed by atoms with E-state index >= 15 is 0 Å². The fourth-order valence-corrected chi connectivity index (χ4v) is 1.46. The number of alkyl halides is 3. The molecule has 0 N–H and O–H groups in total. The molecule has 0 fully saturated rings. The number of benzene rings is 1. The van der Waals surface area contributed by atoms with Crippen molar-refractivity contribution in [1.82, 2.24) is 0 Å². The Kier molecular flexibility index (Phi) is 3.50. The minimum atomic E-state index is -5.46. The Hall–Kier alpha value is -0.800. The molecule has 1 aromatic rings. The van der Waals surface area contributed by atoms with E-state index < -0.39 is 38.5 Å². The Balaban J connectivity index is 3.50. The van der Waals surface area contributed by atoms with Crippen molar-refractivity contribution in [3.05, 3.63) is 32.7 Å². The lowest BCUT2D eigenvalue weighted by Gasteiger charge is -2.08. The van der Waals surface area contributed by atoms with Crippen LogP contribution in [0, 0.1) is 21.0 Å². The van der Waals surface area contributed by atoms with Gasteiger partial charge in [0.1, 0.15) is 5.56 Å². The number of rotatable bonds is 1. The number of hydrogen-bond acceptors (Lipinski definition) is 1. The zero-order chi connectivity index (χ0) is 12.7. The van der Waals surface area contributed by atoms with Crippen LogP contribution >= 0.6 is 22.6 Å². The number of halogens is 7. The van der Waals surface area contributed by atoms with Crippen LogP contribution in [0.5, 0.6) is 0 Å². The molecule has 0 unspecified atom stereocenters. The second-order valence-electron chi connectivity index (χ2n) is 2.67. The van der Waals surface area contributed by atoms with E-state index in [0.717, 1.165) is 22.6 Å². The Labute approximate surface area is 98.6 Å². The Morgan fingerprint density at radius 3 is 2.06 bits per heavy atom. The summed E-state index contributed by atoms with van der Waals surface area (Å²) in [6, 6.07) is 0.360. The molecular weight excluding hydrogens is 353 g/mol. The summed E-state index contributed by atoms with van der Waals surface area (Å²) in [4.78, 5) is 10.6. The summed E-state index contributed by atoms with van der Waals surface area (Å²) in [7, 11) is 0. The van der Waals surface area contributed by atoms with Gasteiger partial charge in [-0.3, -0.25) is 4.79 Å². The SMILES string of the molecule is O=C(c1c(F)c(F)cc(I)c1F)C(F)(F)F. The molecular formula is C8HF6IO. The minimum absolute atomic E-state index is 0.360. The van der Waals surface area contributed by atoms with E-state index in [2.05, 4.69) is 0 Å². The predicted molar refractivity (Wildman–Crippen MR) is 49.4 cm³/mol. The minimum Gasteiger partial charge on any atom is -0.284 e. The molecule has 1 aromatic carbocycles. The summed E-state index contributed by atoms with van der Waals surface area (Å²) in [5.41, 5.74) is -1.92. The van der Waals surface area contributed by atoms with E-state index in [-0.39, 0.29) is 0 Å². The van der Waals surface area contributed by atoms with Gasteiger partial charge in [0.05, 0.1) is 3.57 Å². The monoisotopic (exact) mass is 354 g/mol. The molecule has 0 aliphatic heterocycles. The van der Waals surface area contributed by atoms with Crippen molar-refractivity contribution in [3.63, 3.8) is 0 Å². The molecule has 0 saturated carbocycles. The highest BCUT2D eigenvalue weighted by Crippen LogP contribution is 2.28. The molecule has 0 atom stereocenters. The van der Waals surface area contributed by atoms with Gasteiger partial charge in [0.25, 0.3) is 5.78 Å². The smallest absolute Gasteiger partial charge is 0.284 e. The van der Waals surface area contributed by atoms with Gasteiger partial charge in [-0.15, -0.1) is 0 Å². The van der Waals surface area contributed by atoms with Gasteiger partial charge in [-0.25, -0.2) is 13.2 Å². The van der Waals surface area contributed by atoms with Crippen LogP contribution in [0.15, 0.2) is 6.07 Å². The average Bonchev–Trinajstić information content (AvgIpc) is 2.13. The van der Waals surface area contributed by atoms with Crippen molar-refractivity contribution in [2.24, 2.45) is 0 Å². The zero-order valence-corrected chi connectivity index (χ0v) is 9.29. The predicted octanol–water partition coefficient (Wildman–Crippen LogP) is 3.45. The van der Waals surface area contributed by atoms with Gasteiger partial charge in [-0.05, 0) is 28.7 Å². The molecule has 0 radical (unpaired) electrons. The molecule has 0 bridgehead atoms. The van der Waals surface area contributed by atoms with Gasteiger partial charge in [0, 0.05) is 0 Å². The molecule has 0 aliphatic carbocycles. The molecule has 1 rings (SSSR count). The lowest BCUT2D eigenvalue weighted by atomic mass is 10.1. The number of ketones is 1. The zero-order valence-electron chi connectivity index (χ0n) is 7.13. The average molecular weight is 354 g/mol. The van der Waals surface area contributed by atoms with E-state index in [4.69, 9.17) is 0 Å². The summed E-state index contributed by atoms with van der Waals surface area (Å²) < 4.78 is 73.9. The van der Waals surface area contributed by atoms with Crippen LogP contribution in [0.1, 0.15) is 10.4 Å². The first kappa shape index (κ1) is 13.3. The lowest BCUT2D eigenvalue weighted by Crippen LogP contribution is -2.26. The highest BCUT2D eigenvalue weighted by Gasteiger charge is 2.43. The summed E-state index contributed by atoms with van der Waals surface area (Å²) >= 11 is 1.15. The summed E-state index contributed by atoms with van der Waals surface area (Å²) in [5.74, 6) is -8.32. The highest BCUT2D eigenvalue weighted by atomic mass is 127. The third kappa shape index (κ3) is 2.30. The first-order valence-corrected chi connectivity index (χ1v) is 4.68. The van der Waals surface area contributed by atoms with Crippen molar-refractivity contribution >= 4 is 28.4 Å². The first-order chi connectivity index (χ1) is 7.16. The maximum atomic E-state index is 13.1. The van der Waals surface area contributed by atoms with Crippen molar-refractivity contribution in [2.45, 2.75) is 6.18 Å². The van der Waals surface area contributed by atoms with Crippen molar-refractivity contribution in [2.75, 3.05) is 0 Å². The second-order valence-corrected chi connectivity index (χ2v) is 3.83. The molecule has 0 aromatic heterocycles. The topological polar surface area (TPSA) is 17.1 Å². The van der Waals surface area contributed by atoms with Gasteiger partial charge in [0.15, 0.2) is 17.5 Å². The van der Waals surface area contributed by atoms with Crippen molar-refractivity contribution in [3.8, 4) is 0 Å². The fourth-order valence-electron chi connectivity index (χ4n) is 0.914. The number of carbonyl (C=O) groups is 1. The van der Waals surface area contributed by atoms with E-state index in [0.29, 0.717) is 6.07 Å². The van der Waals surface area contributed by atoms with Crippen molar-refractivity contribution < 1.29 is 31.1 Å². The van der Waals surface area contributed by atoms with Crippen LogP contribution in [0.2, 0.25) is 0 Å². The van der Waals surface area contributed by atoms with E-state index in [1.807, 2.05) is 0 Å². The van der Waals surface area contributed by atoms with E-state index in [1.54, 1.807) is 0 Å². The number of hydrogen-bond donors (Lipinski definition) is 0. The third-order valence-electron chi connectivity index (χ3n) is 1.60. The maximum absolute atomic E-state index is 13.1. The standard InChI is InChI=1S/C8HF6IO/c9-2-1-3(15)6(11)4(5(2)10)7(16)8(12,13)14/h1H. The van der Waals surface area contributed by atoms with Gasteiger partial charge >= 0.3 is 6.18 Å². The Morgan fingerprint density at radius 2 is 1.62 bits per heavy atom. The van der Waals surface area contributed by atoms with Gasteiger partial charge in [-0.1, -0.05) is 0 Å². The van der Waals surface area contributed by atoms with E-state index in [1.165, 1.54) is 0 Å². The molecule has 16 heavy (non-hydrogen) atoms. The molecule has 88 valence electrons. The lowest BCUT2D eigenvalue weighted by molar-refractivity contribution is -0.0890. The van der Waals surface area contributed by atoms with E-state index in [9.17, 15) is 31.1 Å². The van der Waals surface area contributed by atoms with Crippen LogP contribution in [0.4, 0.5) is 26.3 Å². The molecule has 0 saturated heterocycles. The van der Waals surface area contributed by atoms with Gasteiger partial charge in [0.2, 0.25) is 0 Å². The Bertz CT molecular complexity index is 427. The molecule has 0 heterocycles. The van der Waals surface area contributed by atoms with Gasteiger partial charge < -0.3 is 0 Å². The summed E-state index contributed by atoms with van der Waals surface area (Å²) in [5, 5.41) is 0. The normalized spacial score (nSPS) is 11.7. The van der Waals surface area contributed by atoms with Crippen LogP contribution in [0.25, 0.3) is 0 Å².